The molecule has 1 fully saturated rings. The van der Waals surface area contributed by atoms with Crippen LogP contribution >= 0.6 is 11.8 Å². The van der Waals surface area contributed by atoms with Crippen LogP contribution in [0.25, 0.3) is 11.1 Å². The molecule has 0 spiro atoms. The molecule has 0 saturated carbocycles. The summed E-state index contributed by atoms with van der Waals surface area (Å²) >= 11 is 1.63. The van der Waals surface area contributed by atoms with Gasteiger partial charge in [0.05, 0.1) is 26.0 Å². The predicted octanol–water partition coefficient (Wildman–Crippen LogP) is 5.01. The Morgan fingerprint density at radius 3 is 2.82 bits per heavy atom. The molecule has 1 atom stereocenters. The van der Waals surface area contributed by atoms with Gasteiger partial charge in [-0.25, -0.2) is 9.97 Å². The fraction of sp³-hybridized carbons (Fsp3) is 0.462. The molecule has 3 heterocycles. The van der Waals surface area contributed by atoms with E-state index in [0.29, 0.717) is 19.1 Å². The number of piperidine rings is 1. The van der Waals surface area contributed by atoms with Crippen molar-refractivity contribution in [3.05, 3.63) is 59.8 Å². The zero-order valence-electron chi connectivity index (χ0n) is 20.2. The molecule has 8 heteroatoms. The number of hydrogen-bond donors (Lipinski definition) is 0. The molecule has 0 amide bonds. The second-order valence-corrected chi connectivity index (χ2v) is 9.46. The summed E-state index contributed by atoms with van der Waals surface area (Å²) in [6.45, 7) is 3.93. The van der Waals surface area contributed by atoms with Crippen molar-refractivity contribution in [2.24, 2.45) is 0 Å². The van der Waals surface area contributed by atoms with E-state index in [4.69, 9.17) is 23.6 Å². The summed E-state index contributed by atoms with van der Waals surface area (Å²) in [6.07, 6.45) is 4.18. The Kier molecular flexibility index (Phi) is 8.98. The van der Waals surface area contributed by atoms with Gasteiger partial charge in [0.1, 0.15) is 23.9 Å². The third kappa shape index (κ3) is 6.39. The highest BCUT2D eigenvalue weighted by Crippen LogP contribution is 2.35. The van der Waals surface area contributed by atoms with Crippen LogP contribution < -0.4 is 4.74 Å². The van der Waals surface area contributed by atoms with Crippen molar-refractivity contribution in [1.82, 2.24) is 14.9 Å². The van der Waals surface area contributed by atoms with Crippen LogP contribution in [0.4, 0.5) is 0 Å². The van der Waals surface area contributed by atoms with Crippen LogP contribution in [-0.4, -0.2) is 61.6 Å². The van der Waals surface area contributed by atoms with Gasteiger partial charge in [0.25, 0.3) is 0 Å². The highest BCUT2D eigenvalue weighted by Gasteiger charge is 2.26. The quantitative estimate of drug-likeness (QED) is 0.214. The first-order valence-corrected chi connectivity index (χ1v) is 12.6. The van der Waals surface area contributed by atoms with E-state index in [2.05, 4.69) is 28.1 Å². The Bertz CT molecular complexity index is 1060. The van der Waals surface area contributed by atoms with Gasteiger partial charge in [0.15, 0.2) is 5.16 Å². The monoisotopic (exact) mass is 483 g/mol. The van der Waals surface area contributed by atoms with Gasteiger partial charge in [-0.3, -0.25) is 4.90 Å². The molecule has 1 aromatic carbocycles. The van der Waals surface area contributed by atoms with Crippen LogP contribution in [0.2, 0.25) is 0 Å². The summed E-state index contributed by atoms with van der Waals surface area (Å²) in [5.41, 5.74) is 3.25. The number of hydrogen-bond acceptors (Lipinski definition) is 8. The Balaban J connectivity index is 1.58. The van der Waals surface area contributed by atoms with E-state index in [1.54, 1.807) is 33.1 Å². The zero-order chi connectivity index (χ0) is 23.8. The molecule has 4 rings (SSSR count). The number of benzene rings is 1. The Labute approximate surface area is 205 Å². The molecule has 3 aromatic rings. The fourth-order valence-corrected chi connectivity index (χ4v) is 5.08. The molecule has 0 aliphatic carbocycles. The topological polar surface area (TPSA) is 69.9 Å². The van der Waals surface area contributed by atoms with E-state index in [0.717, 1.165) is 77.5 Å². The van der Waals surface area contributed by atoms with Crippen LogP contribution in [0.3, 0.4) is 0 Å². The van der Waals surface area contributed by atoms with E-state index in [1.165, 1.54) is 0 Å². The first-order valence-electron chi connectivity index (χ1n) is 11.6. The number of aromatic nitrogens is 2. The zero-order valence-corrected chi connectivity index (χ0v) is 21.0. The van der Waals surface area contributed by atoms with Crippen LogP contribution in [0, 0.1) is 0 Å². The first kappa shape index (κ1) is 24.7. The molecular weight excluding hydrogens is 450 g/mol. The average molecular weight is 484 g/mol. The molecule has 7 nitrogen and oxygen atoms in total. The number of methoxy groups -OCH3 is 3. The van der Waals surface area contributed by atoms with Crippen LogP contribution in [0.1, 0.15) is 36.0 Å². The Hall–Kier alpha value is -2.39. The summed E-state index contributed by atoms with van der Waals surface area (Å²) in [4.78, 5) is 12.2. The fourth-order valence-electron chi connectivity index (χ4n) is 4.36. The van der Waals surface area contributed by atoms with Gasteiger partial charge in [0, 0.05) is 44.2 Å². The van der Waals surface area contributed by atoms with E-state index < -0.39 is 0 Å². The van der Waals surface area contributed by atoms with E-state index in [-0.39, 0.29) is 0 Å². The minimum absolute atomic E-state index is 0.313. The standard InChI is InChI=1S/C26H33N3O4S/c1-30-12-13-34-26-27-15-24(19-6-4-8-21(14-19)32-3)25(28-26)20-7-5-11-29(16-20)17-22-9-10-23(33-22)18-31-2/h4,6,8-10,14-15,20H,5,7,11-13,16-18H2,1-3H3. The summed E-state index contributed by atoms with van der Waals surface area (Å²) in [6, 6.07) is 12.2. The number of nitrogens with zero attached hydrogens (tertiary/aromatic N) is 3. The van der Waals surface area contributed by atoms with E-state index in [9.17, 15) is 0 Å². The smallest absolute Gasteiger partial charge is 0.187 e. The maximum Gasteiger partial charge on any atom is 0.187 e. The number of likely N-dealkylation sites (tertiary alicyclic amines) is 1. The van der Waals surface area contributed by atoms with E-state index in [1.807, 2.05) is 24.4 Å². The molecule has 0 N–H and O–H groups in total. The number of ether oxygens (including phenoxy) is 3. The Morgan fingerprint density at radius 2 is 2.00 bits per heavy atom. The SMILES string of the molecule is COCCSc1ncc(-c2cccc(OC)c2)c(C2CCCN(Cc3ccc(COC)o3)C2)n1. The number of thioether (sulfide) groups is 1. The second kappa shape index (κ2) is 12.4. The third-order valence-electron chi connectivity index (χ3n) is 5.97. The first-order chi connectivity index (χ1) is 16.7. The lowest BCUT2D eigenvalue weighted by Gasteiger charge is -2.32. The number of furan rings is 1. The van der Waals surface area contributed by atoms with Crippen molar-refractivity contribution in [3.8, 4) is 16.9 Å². The van der Waals surface area contributed by atoms with Gasteiger partial charge >= 0.3 is 0 Å². The Morgan fingerprint density at radius 1 is 1.12 bits per heavy atom. The van der Waals surface area contributed by atoms with Crippen molar-refractivity contribution in [2.75, 3.05) is 46.8 Å². The van der Waals surface area contributed by atoms with Gasteiger partial charge in [-0.15, -0.1) is 0 Å². The lowest BCUT2D eigenvalue weighted by molar-refractivity contribution is 0.153. The largest absolute Gasteiger partial charge is 0.497 e. The molecule has 34 heavy (non-hydrogen) atoms. The molecular formula is C26H33N3O4S. The molecule has 1 aliphatic rings. The van der Waals surface area contributed by atoms with Gasteiger partial charge in [0.2, 0.25) is 0 Å². The average Bonchev–Trinajstić information content (AvgIpc) is 3.31. The maximum atomic E-state index is 5.94. The predicted molar refractivity (Wildman–Crippen MR) is 133 cm³/mol. The van der Waals surface area contributed by atoms with Crippen molar-refractivity contribution in [3.63, 3.8) is 0 Å². The highest BCUT2D eigenvalue weighted by molar-refractivity contribution is 7.99. The van der Waals surface area contributed by atoms with Crippen LogP contribution in [-0.2, 0) is 22.6 Å². The summed E-state index contributed by atoms with van der Waals surface area (Å²) in [7, 11) is 5.09. The molecule has 0 bridgehead atoms. The van der Waals surface area contributed by atoms with Gasteiger partial charge in [-0.05, 0) is 49.2 Å². The van der Waals surface area contributed by atoms with E-state index >= 15 is 0 Å². The van der Waals surface area contributed by atoms with Crippen molar-refractivity contribution in [1.29, 1.82) is 0 Å². The molecule has 1 unspecified atom stereocenters. The lowest BCUT2D eigenvalue weighted by atomic mass is 9.90. The summed E-state index contributed by atoms with van der Waals surface area (Å²) in [5.74, 6) is 3.80. The van der Waals surface area contributed by atoms with Crippen molar-refractivity contribution < 1.29 is 18.6 Å². The number of rotatable bonds is 11. The third-order valence-corrected chi connectivity index (χ3v) is 6.80. The minimum Gasteiger partial charge on any atom is -0.497 e. The van der Waals surface area contributed by atoms with Crippen LogP contribution in [0.5, 0.6) is 5.75 Å². The minimum atomic E-state index is 0.313. The highest BCUT2D eigenvalue weighted by atomic mass is 32.2. The molecule has 0 radical (unpaired) electrons. The van der Waals surface area contributed by atoms with Crippen molar-refractivity contribution >= 4 is 11.8 Å². The maximum absolute atomic E-state index is 5.94. The van der Waals surface area contributed by atoms with Gasteiger partial charge in [-0.2, -0.15) is 0 Å². The second-order valence-electron chi connectivity index (χ2n) is 8.40. The normalized spacial score (nSPS) is 16.6. The van der Waals surface area contributed by atoms with Gasteiger partial charge in [-0.1, -0.05) is 23.9 Å². The summed E-state index contributed by atoms with van der Waals surface area (Å²) < 4.78 is 21.8. The van der Waals surface area contributed by atoms with Crippen molar-refractivity contribution in [2.45, 2.75) is 37.1 Å². The van der Waals surface area contributed by atoms with Crippen LogP contribution in [0.15, 0.2) is 52.2 Å². The lowest BCUT2D eigenvalue weighted by Crippen LogP contribution is -2.34. The van der Waals surface area contributed by atoms with Gasteiger partial charge < -0.3 is 18.6 Å². The molecule has 1 saturated heterocycles. The summed E-state index contributed by atoms with van der Waals surface area (Å²) in [5, 5.41) is 0.797. The molecule has 2 aromatic heterocycles. The molecule has 1 aliphatic heterocycles. The molecule has 182 valence electrons.